The van der Waals surface area contributed by atoms with Crippen molar-refractivity contribution >= 4 is 44.2 Å². The molecule has 0 bridgehead atoms. The lowest BCUT2D eigenvalue weighted by molar-refractivity contribution is -0.110. The van der Waals surface area contributed by atoms with E-state index in [-0.39, 0.29) is 10.8 Å². The first-order chi connectivity index (χ1) is 12.0. The van der Waals surface area contributed by atoms with Gasteiger partial charge in [0.2, 0.25) is 10.0 Å². The Balaban J connectivity index is 1.84. The third-order valence-electron chi connectivity index (χ3n) is 4.24. The summed E-state index contributed by atoms with van der Waals surface area (Å²) in [4.78, 5) is 15.6. The highest BCUT2D eigenvalue weighted by Crippen LogP contribution is 2.35. The van der Waals surface area contributed by atoms with E-state index in [4.69, 9.17) is 0 Å². The van der Waals surface area contributed by atoms with Crippen LogP contribution in [0.1, 0.15) is 11.1 Å². The number of amides is 1. The molecule has 0 saturated carbocycles. The molecule has 1 aliphatic heterocycles. The van der Waals surface area contributed by atoms with Crippen LogP contribution in [-0.4, -0.2) is 26.4 Å². The fourth-order valence-electron chi connectivity index (χ4n) is 2.92. The lowest BCUT2D eigenvalue weighted by Gasteiger charge is -2.05. The molecule has 2 aromatic carbocycles. The summed E-state index contributed by atoms with van der Waals surface area (Å²) in [7, 11) is -2.22. The van der Waals surface area contributed by atoms with Crippen molar-refractivity contribution < 1.29 is 13.2 Å². The number of nitrogens with one attached hydrogen (secondary N) is 3. The number of aromatic nitrogens is 1. The second-order valence-electron chi connectivity index (χ2n) is 5.75. The summed E-state index contributed by atoms with van der Waals surface area (Å²) in [6.45, 7) is 0. The molecule has 4 rings (SSSR count). The number of benzene rings is 2. The van der Waals surface area contributed by atoms with Gasteiger partial charge in [-0.1, -0.05) is 6.07 Å². The molecule has 0 spiro atoms. The summed E-state index contributed by atoms with van der Waals surface area (Å²) < 4.78 is 26.3. The molecule has 1 aliphatic rings. The molecule has 1 aromatic heterocycles. The van der Waals surface area contributed by atoms with Crippen LogP contribution < -0.4 is 10.0 Å². The number of anilines is 1. The Bertz CT molecular complexity index is 1140. The van der Waals surface area contributed by atoms with Gasteiger partial charge in [0.25, 0.3) is 5.91 Å². The van der Waals surface area contributed by atoms with Crippen LogP contribution in [-0.2, 0) is 14.8 Å². The van der Waals surface area contributed by atoms with E-state index in [1.165, 1.54) is 19.2 Å². The Morgan fingerprint density at radius 3 is 2.72 bits per heavy atom. The van der Waals surface area contributed by atoms with Crippen LogP contribution in [0.2, 0.25) is 0 Å². The normalized spacial score (nSPS) is 15.6. The second-order valence-corrected chi connectivity index (χ2v) is 7.64. The van der Waals surface area contributed by atoms with E-state index in [0.717, 1.165) is 16.5 Å². The third kappa shape index (κ3) is 2.63. The number of sulfonamides is 1. The van der Waals surface area contributed by atoms with Crippen molar-refractivity contribution in [2.24, 2.45) is 0 Å². The number of rotatable bonds is 3. The van der Waals surface area contributed by atoms with Crippen molar-refractivity contribution in [2.75, 3.05) is 12.4 Å². The summed E-state index contributed by atoms with van der Waals surface area (Å²) in [6.07, 6.45) is 3.62. The van der Waals surface area contributed by atoms with Gasteiger partial charge in [-0.25, -0.2) is 13.1 Å². The van der Waals surface area contributed by atoms with Gasteiger partial charge >= 0.3 is 0 Å². The van der Waals surface area contributed by atoms with Gasteiger partial charge in [0.15, 0.2) is 0 Å². The van der Waals surface area contributed by atoms with Gasteiger partial charge in [-0.3, -0.25) is 4.79 Å². The number of hydrogen-bond donors (Lipinski definition) is 3. The van der Waals surface area contributed by atoms with Crippen LogP contribution in [0.5, 0.6) is 0 Å². The van der Waals surface area contributed by atoms with E-state index < -0.39 is 10.0 Å². The van der Waals surface area contributed by atoms with Crippen molar-refractivity contribution in [1.29, 1.82) is 0 Å². The van der Waals surface area contributed by atoms with Gasteiger partial charge in [-0.2, -0.15) is 0 Å². The lowest BCUT2D eigenvalue weighted by Crippen LogP contribution is -2.18. The molecule has 6 nitrogen and oxygen atoms in total. The molecular formula is C18H15N3O3S. The highest BCUT2D eigenvalue weighted by Gasteiger charge is 2.26. The predicted octanol–water partition coefficient (Wildman–Crippen LogP) is 2.57. The molecule has 126 valence electrons. The van der Waals surface area contributed by atoms with E-state index in [2.05, 4.69) is 15.0 Å². The molecule has 0 aliphatic carbocycles. The van der Waals surface area contributed by atoms with E-state index in [1.807, 2.05) is 30.5 Å². The molecule has 0 fully saturated rings. The molecule has 0 radical (unpaired) electrons. The van der Waals surface area contributed by atoms with Gasteiger partial charge in [0.1, 0.15) is 0 Å². The number of aromatic amines is 1. The maximum absolute atomic E-state index is 12.3. The minimum Gasteiger partial charge on any atom is -0.361 e. The molecule has 0 unspecified atom stereocenters. The van der Waals surface area contributed by atoms with Gasteiger partial charge < -0.3 is 10.3 Å². The summed E-state index contributed by atoms with van der Waals surface area (Å²) in [5, 5.41) is 3.81. The number of H-pyrrole nitrogens is 1. The zero-order chi connectivity index (χ0) is 17.6. The highest BCUT2D eigenvalue weighted by molar-refractivity contribution is 7.89. The Hall–Kier alpha value is -2.90. The standard InChI is InChI=1S/C18H15N3O3S/c1-19-25(23,24)13-3-5-17-14(10-13)15(18(22)21-17)9-11-2-4-16-12(8-11)6-7-20-16/h2-10,19-20H,1H3,(H,21,22)/b15-9-. The van der Waals surface area contributed by atoms with Crippen LogP contribution in [0.3, 0.4) is 0 Å². The lowest BCUT2D eigenvalue weighted by atomic mass is 10.0. The molecule has 7 heteroatoms. The molecule has 0 saturated heterocycles. The fourth-order valence-corrected chi connectivity index (χ4v) is 3.68. The first-order valence-electron chi connectivity index (χ1n) is 7.66. The van der Waals surface area contributed by atoms with Crippen LogP contribution in [0.4, 0.5) is 5.69 Å². The van der Waals surface area contributed by atoms with E-state index in [9.17, 15) is 13.2 Å². The number of hydrogen-bond acceptors (Lipinski definition) is 3. The van der Waals surface area contributed by atoms with Crippen molar-refractivity contribution in [1.82, 2.24) is 9.71 Å². The highest BCUT2D eigenvalue weighted by atomic mass is 32.2. The molecular weight excluding hydrogens is 338 g/mol. The summed E-state index contributed by atoms with van der Waals surface area (Å²) in [5.74, 6) is -0.247. The molecule has 2 heterocycles. The largest absolute Gasteiger partial charge is 0.361 e. The number of fused-ring (bicyclic) bond motifs is 2. The maximum atomic E-state index is 12.3. The average Bonchev–Trinajstić information content (AvgIpc) is 3.19. The van der Waals surface area contributed by atoms with Crippen molar-refractivity contribution in [3.63, 3.8) is 0 Å². The first kappa shape index (κ1) is 15.6. The van der Waals surface area contributed by atoms with Crippen molar-refractivity contribution in [3.05, 3.63) is 59.8 Å². The average molecular weight is 353 g/mol. The molecule has 3 N–H and O–H groups in total. The number of carbonyl (C=O) groups is 1. The van der Waals surface area contributed by atoms with E-state index in [1.54, 1.807) is 12.1 Å². The smallest absolute Gasteiger partial charge is 0.256 e. The summed E-state index contributed by atoms with van der Waals surface area (Å²) in [6, 6.07) is 12.4. The Kier molecular flexibility index (Phi) is 3.48. The zero-order valence-electron chi connectivity index (χ0n) is 13.3. The molecule has 3 aromatic rings. The Morgan fingerprint density at radius 1 is 1.08 bits per heavy atom. The minimum atomic E-state index is -3.58. The topological polar surface area (TPSA) is 91.1 Å². The predicted molar refractivity (Wildman–Crippen MR) is 97.5 cm³/mol. The van der Waals surface area contributed by atoms with Crippen molar-refractivity contribution in [2.45, 2.75) is 4.90 Å². The van der Waals surface area contributed by atoms with Gasteiger partial charge in [-0.05, 0) is 60.5 Å². The zero-order valence-corrected chi connectivity index (χ0v) is 14.1. The Morgan fingerprint density at radius 2 is 1.92 bits per heavy atom. The summed E-state index contributed by atoms with van der Waals surface area (Å²) in [5.41, 5.74) is 3.51. The van der Waals surface area contributed by atoms with E-state index >= 15 is 0 Å². The maximum Gasteiger partial charge on any atom is 0.256 e. The summed E-state index contributed by atoms with van der Waals surface area (Å²) >= 11 is 0. The molecule has 1 amide bonds. The van der Waals surface area contributed by atoms with Crippen LogP contribution in [0.15, 0.2) is 53.6 Å². The van der Waals surface area contributed by atoms with Crippen molar-refractivity contribution in [3.8, 4) is 0 Å². The SMILES string of the molecule is CNS(=O)(=O)c1ccc2c(c1)/C(=C/c1ccc3[nH]ccc3c1)C(=O)N2. The van der Waals surface area contributed by atoms with E-state index in [0.29, 0.717) is 16.8 Å². The van der Waals surface area contributed by atoms with Gasteiger partial charge in [0, 0.05) is 28.5 Å². The number of carbonyl (C=O) groups excluding carboxylic acids is 1. The molecule has 25 heavy (non-hydrogen) atoms. The minimum absolute atomic E-state index is 0.122. The van der Waals surface area contributed by atoms with Crippen LogP contribution in [0, 0.1) is 0 Å². The monoisotopic (exact) mass is 353 g/mol. The third-order valence-corrected chi connectivity index (χ3v) is 5.65. The van der Waals surface area contributed by atoms with Gasteiger partial charge in [-0.15, -0.1) is 0 Å². The molecule has 0 atom stereocenters. The van der Waals surface area contributed by atoms with Crippen LogP contribution in [0.25, 0.3) is 22.6 Å². The fraction of sp³-hybridized carbons (Fsp3) is 0.0556. The Labute approximate surface area is 144 Å². The van der Waals surface area contributed by atoms with Gasteiger partial charge in [0.05, 0.1) is 4.90 Å². The quantitative estimate of drug-likeness (QED) is 0.632. The second kappa shape index (κ2) is 5.58. The van der Waals surface area contributed by atoms with Crippen LogP contribution >= 0.6 is 0 Å². The first-order valence-corrected chi connectivity index (χ1v) is 9.14.